The number of ether oxygens (including phenoxy) is 1. The number of hydrogen-bond acceptors (Lipinski definition) is 4. The smallest absolute Gasteiger partial charge is 0.319 e. The first kappa shape index (κ1) is 15.4. The summed E-state index contributed by atoms with van der Waals surface area (Å²) in [6, 6.07) is 7.42. The molecule has 0 bridgehead atoms. The Morgan fingerprint density at radius 1 is 1.25 bits per heavy atom. The third kappa shape index (κ3) is 2.10. The Balaban J connectivity index is 1.86. The summed E-state index contributed by atoms with van der Waals surface area (Å²) in [6.45, 7) is 1.98. The van der Waals surface area contributed by atoms with Crippen molar-refractivity contribution in [2.75, 3.05) is 6.61 Å². The molecule has 24 heavy (non-hydrogen) atoms. The summed E-state index contributed by atoms with van der Waals surface area (Å²) >= 11 is 0. The van der Waals surface area contributed by atoms with Crippen molar-refractivity contribution < 1.29 is 19.1 Å². The van der Waals surface area contributed by atoms with Crippen molar-refractivity contribution >= 4 is 17.7 Å². The molecule has 1 aromatic carbocycles. The molecule has 5 atom stereocenters. The number of amides is 1. The number of carbonyl (C=O) groups excluding carboxylic acids is 3. The minimum atomic E-state index is -0.860. The molecule has 2 aliphatic carbocycles. The molecule has 0 radical (unpaired) electrons. The highest BCUT2D eigenvalue weighted by Gasteiger charge is 2.56. The number of benzene rings is 1. The van der Waals surface area contributed by atoms with Gasteiger partial charge in [0.2, 0.25) is 5.91 Å². The fourth-order valence-electron chi connectivity index (χ4n) is 4.94. The average molecular weight is 327 g/mol. The topological polar surface area (TPSA) is 72.5 Å². The van der Waals surface area contributed by atoms with E-state index in [-0.39, 0.29) is 42.1 Å². The van der Waals surface area contributed by atoms with Crippen LogP contribution < -0.4 is 5.32 Å². The van der Waals surface area contributed by atoms with Crippen molar-refractivity contribution in [3.63, 3.8) is 0 Å². The van der Waals surface area contributed by atoms with Crippen molar-refractivity contribution in [3.05, 3.63) is 35.4 Å². The maximum Gasteiger partial charge on any atom is 0.319 e. The van der Waals surface area contributed by atoms with Gasteiger partial charge in [-0.05, 0) is 31.2 Å². The summed E-state index contributed by atoms with van der Waals surface area (Å²) in [5, 5.41) is 3.00. The number of carbonyl (C=O) groups is 3. The van der Waals surface area contributed by atoms with E-state index in [1.54, 1.807) is 6.92 Å². The van der Waals surface area contributed by atoms with E-state index in [4.69, 9.17) is 4.74 Å². The van der Waals surface area contributed by atoms with Crippen LogP contribution in [0.4, 0.5) is 0 Å². The number of esters is 1. The lowest BCUT2D eigenvalue weighted by Crippen LogP contribution is -2.61. The molecule has 4 rings (SSSR count). The van der Waals surface area contributed by atoms with Crippen LogP contribution in [0.2, 0.25) is 0 Å². The number of Topliss-reactive ketones (excluding diaryl/α,β-unsaturated/α-hetero) is 1. The van der Waals surface area contributed by atoms with E-state index in [1.165, 1.54) is 0 Å². The summed E-state index contributed by atoms with van der Waals surface area (Å²) in [6.07, 6.45) is 2.63. The lowest BCUT2D eigenvalue weighted by Gasteiger charge is -2.50. The molecule has 3 aliphatic rings. The van der Waals surface area contributed by atoms with Gasteiger partial charge in [0.05, 0.1) is 6.61 Å². The first-order valence-corrected chi connectivity index (χ1v) is 8.73. The molecule has 5 heteroatoms. The minimum Gasteiger partial charge on any atom is -0.465 e. The molecule has 5 unspecified atom stereocenters. The van der Waals surface area contributed by atoms with Gasteiger partial charge < -0.3 is 10.1 Å². The fourth-order valence-corrected chi connectivity index (χ4v) is 4.94. The summed E-state index contributed by atoms with van der Waals surface area (Å²) in [4.78, 5) is 38.1. The van der Waals surface area contributed by atoms with Crippen molar-refractivity contribution in [3.8, 4) is 0 Å². The van der Waals surface area contributed by atoms with Gasteiger partial charge in [0.1, 0.15) is 5.92 Å². The Hall–Kier alpha value is -2.17. The third-order valence-corrected chi connectivity index (χ3v) is 5.81. The molecule has 1 aromatic rings. The van der Waals surface area contributed by atoms with Crippen molar-refractivity contribution in [2.45, 2.75) is 38.1 Å². The summed E-state index contributed by atoms with van der Waals surface area (Å²) in [7, 11) is 0. The van der Waals surface area contributed by atoms with E-state index < -0.39 is 11.9 Å². The molecule has 126 valence electrons. The number of fused-ring (bicyclic) bond motifs is 2. The first-order chi connectivity index (χ1) is 11.6. The highest BCUT2D eigenvalue weighted by molar-refractivity contribution is 6.05. The predicted octanol–water partition coefficient (Wildman–Crippen LogP) is 2.06. The number of rotatable bonds is 2. The quantitative estimate of drug-likeness (QED) is 0.667. The Labute approximate surface area is 140 Å². The van der Waals surface area contributed by atoms with Gasteiger partial charge in [0.15, 0.2) is 5.78 Å². The van der Waals surface area contributed by atoms with Crippen molar-refractivity contribution in [2.24, 2.45) is 17.8 Å². The van der Waals surface area contributed by atoms with Crippen LogP contribution in [0.5, 0.6) is 0 Å². The van der Waals surface area contributed by atoms with Crippen LogP contribution >= 0.6 is 0 Å². The molecule has 1 saturated heterocycles. The van der Waals surface area contributed by atoms with Gasteiger partial charge in [-0.3, -0.25) is 14.4 Å². The largest absolute Gasteiger partial charge is 0.465 e. The standard InChI is InChI=1S/C19H21NO4/c1-2-24-19(23)16-15-10-6-3-4-7-11(10)17(21)12-8-5-9-13(14(12)15)20-18(16)22/h3-4,6-7,12-16H,2,5,8-9H2,1H3,(H,20,22). The van der Waals surface area contributed by atoms with E-state index in [2.05, 4.69) is 5.32 Å². The number of ketones is 1. The van der Waals surface area contributed by atoms with Crippen molar-refractivity contribution in [1.29, 1.82) is 0 Å². The zero-order valence-electron chi connectivity index (χ0n) is 13.7. The fraction of sp³-hybridized carbons (Fsp3) is 0.526. The highest BCUT2D eigenvalue weighted by Crippen LogP contribution is 2.52. The molecule has 1 heterocycles. The van der Waals surface area contributed by atoms with Gasteiger partial charge >= 0.3 is 5.97 Å². The van der Waals surface area contributed by atoms with Crippen LogP contribution in [0.3, 0.4) is 0 Å². The molecule has 0 spiro atoms. The maximum absolute atomic E-state index is 12.9. The second kappa shape index (κ2) is 5.72. The second-order valence-corrected chi connectivity index (χ2v) is 6.94. The molecule has 5 nitrogen and oxygen atoms in total. The third-order valence-electron chi connectivity index (χ3n) is 5.81. The molecule has 1 saturated carbocycles. The molecule has 1 amide bonds. The normalized spacial score (nSPS) is 34.0. The van der Waals surface area contributed by atoms with Crippen LogP contribution in [-0.2, 0) is 14.3 Å². The Morgan fingerprint density at radius 2 is 2.04 bits per heavy atom. The summed E-state index contributed by atoms with van der Waals surface area (Å²) in [5.41, 5.74) is 1.51. The van der Waals surface area contributed by atoms with Gasteiger partial charge in [-0.2, -0.15) is 0 Å². The number of nitrogens with one attached hydrogen (secondary N) is 1. The van der Waals surface area contributed by atoms with Gasteiger partial charge in [0, 0.05) is 23.4 Å². The molecule has 1 aliphatic heterocycles. The van der Waals surface area contributed by atoms with Crippen molar-refractivity contribution in [1.82, 2.24) is 5.32 Å². The minimum absolute atomic E-state index is 0.00624. The van der Waals surface area contributed by atoms with Crippen LogP contribution in [-0.4, -0.2) is 30.3 Å². The van der Waals surface area contributed by atoms with Crippen LogP contribution in [0, 0.1) is 17.8 Å². The van der Waals surface area contributed by atoms with E-state index in [0.29, 0.717) is 5.56 Å². The van der Waals surface area contributed by atoms with Crippen LogP contribution in [0.1, 0.15) is 48.0 Å². The van der Waals surface area contributed by atoms with E-state index in [9.17, 15) is 14.4 Å². The Bertz CT molecular complexity index is 713. The summed E-state index contributed by atoms with van der Waals surface area (Å²) in [5.74, 6) is -1.82. The monoisotopic (exact) mass is 327 g/mol. The molecule has 2 fully saturated rings. The second-order valence-electron chi connectivity index (χ2n) is 6.94. The zero-order valence-corrected chi connectivity index (χ0v) is 13.7. The van der Waals surface area contributed by atoms with Gasteiger partial charge in [-0.25, -0.2) is 0 Å². The van der Waals surface area contributed by atoms with E-state index >= 15 is 0 Å². The van der Waals surface area contributed by atoms with Crippen LogP contribution in [0.15, 0.2) is 24.3 Å². The van der Waals surface area contributed by atoms with Crippen LogP contribution in [0.25, 0.3) is 0 Å². The molecule has 1 N–H and O–H groups in total. The molecular formula is C19H21NO4. The Kier molecular flexibility index (Phi) is 3.66. The van der Waals surface area contributed by atoms with E-state index in [1.807, 2.05) is 24.3 Å². The molecule has 0 aromatic heterocycles. The van der Waals surface area contributed by atoms with Gasteiger partial charge in [-0.1, -0.05) is 30.7 Å². The lowest BCUT2D eigenvalue weighted by atomic mass is 9.56. The predicted molar refractivity (Wildman–Crippen MR) is 86.4 cm³/mol. The number of piperidine rings is 1. The maximum atomic E-state index is 12.9. The highest BCUT2D eigenvalue weighted by atomic mass is 16.5. The van der Waals surface area contributed by atoms with E-state index in [0.717, 1.165) is 24.8 Å². The zero-order chi connectivity index (χ0) is 16.8. The van der Waals surface area contributed by atoms with Gasteiger partial charge in [0.25, 0.3) is 0 Å². The SMILES string of the molecule is CCOC(=O)C1C(=O)NC2CCCC3C(=O)c4ccccc4C1C23. The first-order valence-electron chi connectivity index (χ1n) is 8.73. The number of hydrogen-bond donors (Lipinski definition) is 1. The summed E-state index contributed by atoms with van der Waals surface area (Å²) < 4.78 is 5.18. The van der Waals surface area contributed by atoms with Gasteiger partial charge in [-0.15, -0.1) is 0 Å². The molecular weight excluding hydrogens is 306 g/mol. The average Bonchev–Trinajstić information content (AvgIpc) is 2.59. The lowest BCUT2D eigenvalue weighted by molar-refractivity contribution is -0.157. The Morgan fingerprint density at radius 3 is 2.83 bits per heavy atom.